The van der Waals surface area contributed by atoms with Crippen molar-refractivity contribution in [2.75, 3.05) is 5.32 Å². The van der Waals surface area contributed by atoms with E-state index in [0.29, 0.717) is 11.3 Å². The Morgan fingerprint density at radius 1 is 1.12 bits per heavy atom. The first-order chi connectivity index (χ1) is 11.7. The predicted octanol–water partition coefficient (Wildman–Crippen LogP) is 3.46. The summed E-state index contributed by atoms with van der Waals surface area (Å²) in [5.74, 6) is -1.17. The number of aryl methyl sites for hydroxylation is 2. The van der Waals surface area contributed by atoms with Crippen LogP contribution >= 0.6 is 0 Å². The molecule has 0 aromatic heterocycles. The van der Waals surface area contributed by atoms with Crippen molar-refractivity contribution < 1.29 is 9.59 Å². The van der Waals surface area contributed by atoms with E-state index in [2.05, 4.69) is 11.4 Å². The Labute approximate surface area is 147 Å². The van der Waals surface area contributed by atoms with Crippen LogP contribution in [-0.2, 0) is 5.41 Å². The molecule has 0 spiro atoms. The summed E-state index contributed by atoms with van der Waals surface area (Å²) in [4.78, 5) is 24.7. The second-order valence-electron chi connectivity index (χ2n) is 6.66. The lowest BCUT2D eigenvalue weighted by Gasteiger charge is -2.21. The fourth-order valence-electron chi connectivity index (χ4n) is 2.83. The van der Waals surface area contributed by atoms with Crippen LogP contribution in [-0.4, -0.2) is 11.8 Å². The van der Waals surface area contributed by atoms with Crippen molar-refractivity contribution in [3.05, 3.63) is 64.2 Å². The lowest BCUT2D eigenvalue weighted by molar-refractivity contribution is 0.0975. The topological polar surface area (TPSA) is 96.0 Å². The van der Waals surface area contributed by atoms with Crippen molar-refractivity contribution in [1.82, 2.24) is 0 Å². The third-order valence-corrected chi connectivity index (χ3v) is 3.99. The van der Waals surface area contributed by atoms with Gasteiger partial charge in [0.1, 0.15) is 0 Å². The van der Waals surface area contributed by atoms with E-state index in [1.165, 1.54) is 6.07 Å². The molecular formula is C20H21N3O2. The monoisotopic (exact) mass is 335 g/mol. The Hall–Kier alpha value is -3.13. The van der Waals surface area contributed by atoms with Crippen molar-refractivity contribution in [1.29, 1.82) is 5.26 Å². The van der Waals surface area contributed by atoms with Crippen molar-refractivity contribution >= 4 is 17.5 Å². The van der Waals surface area contributed by atoms with Gasteiger partial charge >= 0.3 is 0 Å². The second kappa shape index (κ2) is 6.78. The molecule has 5 nitrogen and oxygen atoms in total. The van der Waals surface area contributed by atoms with Gasteiger partial charge in [-0.25, -0.2) is 0 Å². The quantitative estimate of drug-likeness (QED) is 0.895. The number of primary amides is 1. The van der Waals surface area contributed by atoms with E-state index in [4.69, 9.17) is 5.73 Å². The van der Waals surface area contributed by atoms with E-state index in [1.54, 1.807) is 26.0 Å². The molecule has 0 atom stereocenters. The molecule has 0 saturated heterocycles. The van der Waals surface area contributed by atoms with E-state index >= 15 is 0 Å². The third kappa shape index (κ3) is 3.86. The highest BCUT2D eigenvalue weighted by Gasteiger charge is 2.28. The number of carbonyl (C=O) groups is 2. The third-order valence-electron chi connectivity index (χ3n) is 3.99. The smallest absolute Gasteiger partial charge is 0.256 e. The Bertz CT molecular complexity index is 872. The van der Waals surface area contributed by atoms with Crippen LogP contribution in [0.2, 0.25) is 0 Å². The molecule has 25 heavy (non-hydrogen) atoms. The molecule has 2 aromatic carbocycles. The minimum atomic E-state index is -0.944. The zero-order valence-electron chi connectivity index (χ0n) is 14.8. The number of anilines is 1. The number of nitriles is 1. The van der Waals surface area contributed by atoms with Crippen molar-refractivity contribution in [2.24, 2.45) is 5.73 Å². The van der Waals surface area contributed by atoms with Crippen LogP contribution in [0.3, 0.4) is 0 Å². The minimum Gasteiger partial charge on any atom is -0.366 e. The lowest BCUT2D eigenvalue weighted by Crippen LogP contribution is -2.27. The number of hydrogen-bond acceptors (Lipinski definition) is 3. The summed E-state index contributed by atoms with van der Waals surface area (Å²) in [5, 5.41) is 12.2. The molecule has 2 aromatic rings. The molecule has 5 heteroatoms. The fourth-order valence-corrected chi connectivity index (χ4v) is 2.83. The number of amides is 2. The first-order valence-electron chi connectivity index (χ1n) is 7.90. The average Bonchev–Trinajstić information content (AvgIpc) is 2.52. The standard InChI is InChI=1S/C20H21N3O2/c1-12-8-13(2)10-14(9-12)23-19(25)15-6-5-7-16(17(15)18(22)24)20(3,4)11-21/h5-10H,1-4H3,(H2,22,24)(H,23,25). The van der Waals surface area contributed by atoms with Crippen LogP contribution in [0.4, 0.5) is 5.69 Å². The van der Waals surface area contributed by atoms with Gasteiger partial charge in [0.2, 0.25) is 5.91 Å². The maximum atomic E-state index is 12.7. The number of carbonyl (C=O) groups excluding carboxylic acids is 2. The molecule has 0 aliphatic rings. The van der Waals surface area contributed by atoms with Crippen molar-refractivity contribution in [3.8, 4) is 6.07 Å². The molecule has 128 valence electrons. The van der Waals surface area contributed by atoms with Crippen LogP contribution in [0, 0.1) is 25.2 Å². The van der Waals surface area contributed by atoms with E-state index in [0.717, 1.165) is 11.1 Å². The SMILES string of the molecule is Cc1cc(C)cc(NC(=O)c2cccc(C(C)(C)C#N)c2C(N)=O)c1. The number of nitrogens with one attached hydrogen (secondary N) is 1. The summed E-state index contributed by atoms with van der Waals surface area (Å²) in [6, 6.07) is 12.7. The second-order valence-corrected chi connectivity index (χ2v) is 6.66. The van der Waals surface area contributed by atoms with Gasteiger partial charge in [-0.1, -0.05) is 18.2 Å². The molecule has 2 rings (SSSR count). The normalized spacial score (nSPS) is 10.8. The number of rotatable bonds is 4. The van der Waals surface area contributed by atoms with E-state index < -0.39 is 17.2 Å². The Kier molecular flexibility index (Phi) is 4.94. The molecule has 0 unspecified atom stereocenters. The van der Waals surface area contributed by atoms with Gasteiger partial charge in [-0.2, -0.15) is 5.26 Å². The van der Waals surface area contributed by atoms with E-state index in [1.807, 2.05) is 32.0 Å². The van der Waals surface area contributed by atoms with Crippen LogP contribution < -0.4 is 11.1 Å². The highest BCUT2D eigenvalue weighted by Crippen LogP contribution is 2.28. The molecular weight excluding hydrogens is 314 g/mol. The first-order valence-corrected chi connectivity index (χ1v) is 7.90. The number of nitrogens with two attached hydrogens (primary N) is 1. The average molecular weight is 335 g/mol. The molecule has 3 N–H and O–H groups in total. The number of nitrogens with zero attached hydrogens (tertiary/aromatic N) is 1. The zero-order chi connectivity index (χ0) is 18.8. The van der Waals surface area contributed by atoms with Gasteiger partial charge in [-0.15, -0.1) is 0 Å². The Balaban J connectivity index is 2.52. The van der Waals surface area contributed by atoms with Crippen LogP contribution in [0.25, 0.3) is 0 Å². The van der Waals surface area contributed by atoms with Gasteiger partial charge < -0.3 is 11.1 Å². The fraction of sp³-hybridized carbons (Fsp3) is 0.250. The van der Waals surface area contributed by atoms with Gasteiger partial charge in [0.25, 0.3) is 5.91 Å². The summed E-state index contributed by atoms with van der Waals surface area (Å²) >= 11 is 0. The van der Waals surface area contributed by atoms with Gasteiger partial charge in [-0.3, -0.25) is 9.59 Å². The van der Waals surface area contributed by atoms with Crippen molar-refractivity contribution in [3.63, 3.8) is 0 Å². The molecule has 0 aliphatic heterocycles. The number of hydrogen-bond donors (Lipinski definition) is 2. The van der Waals surface area contributed by atoms with Gasteiger partial charge in [0, 0.05) is 5.69 Å². The summed E-state index contributed by atoms with van der Waals surface area (Å²) in [5.41, 5.74) is 7.93. The Morgan fingerprint density at radius 3 is 2.24 bits per heavy atom. The highest BCUT2D eigenvalue weighted by molar-refractivity contribution is 6.12. The van der Waals surface area contributed by atoms with E-state index in [-0.39, 0.29) is 11.1 Å². The molecule has 0 saturated carbocycles. The van der Waals surface area contributed by atoms with Gasteiger partial charge in [0.15, 0.2) is 0 Å². The molecule has 0 aliphatic carbocycles. The van der Waals surface area contributed by atoms with Crippen LogP contribution in [0.5, 0.6) is 0 Å². The Morgan fingerprint density at radius 2 is 1.72 bits per heavy atom. The summed E-state index contributed by atoms with van der Waals surface area (Å²) < 4.78 is 0. The molecule has 0 fully saturated rings. The minimum absolute atomic E-state index is 0.0796. The van der Waals surface area contributed by atoms with Crippen molar-refractivity contribution in [2.45, 2.75) is 33.1 Å². The molecule has 0 radical (unpaired) electrons. The number of benzene rings is 2. The highest BCUT2D eigenvalue weighted by atomic mass is 16.2. The summed E-state index contributed by atoms with van der Waals surface area (Å²) in [6.07, 6.45) is 0. The van der Waals surface area contributed by atoms with Gasteiger partial charge in [-0.05, 0) is 62.6 Å². The molecule has 0 bridgehead atoms. The van der Waals surface area contributed by atoms with Gasteiger partial charge in [0.05, 0.1) is 22.6 Å². The zero-order valence-corrected chi connectivity index (χ0v) is 14.8. The maximum Gasteiger partial charge on any atom is 0.256 e. The lowest BCUT2D eigenvalue weighted by atomic mass is 9.81. The first kappa shape index (κ1) is 18.2. The predicted molar refractivity (Wildman–Crippen MR) is 97.5 cm³/mol. The van der Waals surface area contributed by atoms with E-state index in [9.17, 15) is 14.9 Å². The maximum absolute atomic E-state index is 12.7. The largest absolute Gasteiger partial charge is 0.366 e. The molecule has 0 heterocycles. The summed E-state index contributed by atoms with van der Waals surface area (Å²) in [7, 11) is 0. The molecule has 2 amide bonds. The van der Waals surface area contributed by atoms with Crippen LogP contribution in [0.1, 0.15) is 51.3 Å². The van der Waals surface area contributed by atoms with Crippen LogP contribution in [0.15, 0.2) is 36.4 Å². The summed E-state index contributed by atoms with van der Waals surface area (Å²) in [6.45, 7) is 7.24.